The van der Waals surface area contributed by atoms with Crippen LogP contribution >= 0.6 is 22.6 Å². The molecule has 0 saturated heterocycles. The summed E-state index contributed by atoms with van der Waals surface area (Å²) < 4.78 is 1.31. The number of nitrogens with one attached hydrogen (secondary N) is 1. The lowest BCUT2D eigenvalue weighted by atomic mass is 10.0. The van der Waals surface area contributed by atoms with Crippen LogP contribution in [0.4, 0.5) is 0 Å². The zero-order valence-electron chi connectivity index (χ0n) is 10.3. The molecule has 0 radical (unpaired) electrons. The molecule has 2 heteroatoms. The second-order valence-corrected chi connectivity index (χ2v) is 5.45. The highest BCUT2D eigenvalue weighted by Crippen LogP contribution is 2.20. The Balaban J connectivity index is 2.62. The second kappa shape index (κ2) is 8.07. The van der Waals surface area contributed by atoms with Gasteiger partial charge in [-0.3, -0.25) is 0 Å². The standard InChI is InChI=1S/C14H22IN/c1-3-5-6-14(16-11-4-2)12-7-9-13(15)10-8-12/h7-10,14,16H,3-6,11H2,1-2H3. The van der Waals surface area contributed by atoms with Gasteiger partial charge in [0.05, 0.1) is 0 Å². The lowest BCUT2D eigenvalue weighted by Crippen LogP contribution is -2.22. The lowest BCUT2D eigenvalue weighted by Gasteiger charge is -2.18. The van der Waals surface area contributed by atoms with Crippen LogP contribution in [0.2, 0.25) is 0 Å². The van der Waals surface area contributed by atoms with Gasteiger partial charge in [-0.25, -0.2) is 0 Å². The van der Waals surface area contributed by atoms with Crippen molar-refractivity contribution in [3.05, 3.63) is 33.4 Å². The molecule has 1 rings (SSSR count). The summed E-state index contributed by atoms with van der Waals surface area (Å²) in [4.78, 5) is 0. The van der Waals surface area contributed by atoms with Gasteiger partial charge in [-0.2, -0.15) is 0 Å². The van der Waals surface area contributed by atoms with Crippen molar-refractivity contribution in [3.8, 4) is 0 Å². The van der Waals surface area contributed by atoms with E-state index in [9.17, 15) is 0 Å². The molecule has 0 amide bonds. The highest BCUT2D eigenvalue weighted by molar-refractivity contribution is 14.1. The molecule has 1 nitrogen and oxygen atoms in total. The third-order valence-corrected chi connectivity index (χ3v) is 3.48. The summed E-state index contributed by atoms with van der Waals surface area (Å²) in [6, 6.07) is 9.44. The summed E-state index contributed by atoms with van der Waals surface area (Å²) in [5.41, 5.74) is 1.43. The van der Waals surface area contributed by atoms with Crippen molar-refractivity contribution in [2.75, 3.05) is 6.54 Å². The Hall–Kier alpha value is -0.0900. The van der Waals surface area contributed by atoms with E-state index in [1.807, 2.05) is 0 Å². The summed E-state index contributed by atoms with van der Waals surface area (Å²) in [6.45, 7) is 5.59. The molecule has 1 atom stereocenters. The fraction of sp³-hybridized carbons (Fsp3) is 0.571. The van der Waals surface area contributed by atoms with Crippen molar-refractivity contribution >= 4 is 22.6 Å². The summed E-state index contributed by atoms with van der Waals surface area (Å²) in [7, 11) is 0. The van der Waals surface area contributed by atoms with Gasteiger partial charge in [0.2, 0.25) is 0 Å². The van der Waals surface area contributed by atoms with E-state index in [2.05, 4.69) is 66.0 Å². The first-order chi connectivity index (χ1) is 7.77. The summed E-state index contributed by atoms with van der Waals surface area (Å²) >= 11 is 2.36. The number of rotatable bonds is 7. The third-order valence-electron chi connectivity index (χ3n) is 2.76. The van der Waals surface area contributed by atoms with Gasteiger partial charge in [0.15, 0.2) is 0 Å². The van der Waals surface area contributed by atoms with Gasteiger partial charge >= 0.3 is 0 Å². The Labute approximate surface area is 113 Å². The third kappa shape index (κ3) is 4.83. The average Bonchev–Trinajstić information content (AvgIpc) is 2.31. The molecule has 1 aromatic rings. The van der Waals surface area contributed by atoms with Crippen LogP contribution in [0.3, 0.4) is 0 Å². The van der Waals surface area contributed by atoms with Gasteiger partial charge < -0.3 is 5.32 Å². The first kappa shape index (κ1) is 14.0. The van der Waals surface area contributed by atoms with Crippen LogP contribution < -0.4 is 5.32 Å². The van der Waals surface area contributed by atoms with Crippen LogP contribution in [0, 0.1) is 3.57 Å². The Morgan fingerprint density at radius 2 is 1.81 bits per heavy atom. The molecule has 90 valence electrons. The number of unbranched alkanes of at least 4 members (excludes halogenated alkanes) is 1. The number of hydrogen-bond donors (Lipinski definition) is 1. The van der Waals surface area contributed by atoms with Gasteiger partial charge in [-0.15, -0.1) is 0 Å². The molecular weight excluding hydrogens is 309 g/mol. The van der Waals surface area contributed by atoms with E-state index in [4.69, 9.17) is 0 Å². The predicted molar refractivity (Wildman–Crippen MR) is 79.7 cm³/mol. The first-order valence-electron chi connectivity index (χ1n) is 6.26. The summed E-state index contributed by atoms with van der Waals surface area (Å²) in [5.74, 6) is 0. The molecule has 0 aromatic heterocycles. The molecule has 16 heavy (non-hydrogen) atoms. The van der Waals surface area contributed by atoms with Crippen molar-refractivity contribution in [2.24, 2.45) is 0 Å². The van der Waals surface area contributed by atoms with Crippen molar-refractivity contribution in [1.29, 1.82) is 0 Å². The molecule has 0 aliphatic heterocycles. The number of halogens is 1. The largest absolute Gasteiger partial charge is 0.310 e. The number of hydrogen-bond acceptors (Lipinski definition) is 1. The molecule has 0 aliphatic carbocycles. The maximum atomic E-state index is 3.64. The minimum absolute atomic E-state index is 0.539. The van der Waals surface area contributed by atoms with Gasteiger partial charge in [-0.05, 0) is 59.7 Å². The van der Waals surface area contributed by atoms with Crippen LogP contribution in [0.15, 0.2) is 24.3 Å². The molecule has 1 aromatic carbocycles. The zero-order valence-corrected chi connectivity index (χ0v) is 12.5. The maximum Gasteiger partial charge on any atom is 0.0320 e. The van der Waals surface area contributed by atoms with E-state index in [1.54, 1.807) is 0 Å². The van der Waals surface area contributed by atoms with E-state index in [-0.39, 0.29) is 0 Å². The van der Waals surface area contributed by atoms with E-state index in [1.165, 1.54) is 34.8 Å². The quantitative estimate of drug-likeness (QED) is 0.724. The molecule has 0 spiro atoms. The molecule has 1 N–H and O–H groups in total. The van der Waals surface area contributed by atoms with Crippen LogP contribution in [0.5, 0.6) is 0 Å². The highest BCUT2D eigenvalue weighted by atomic mass is 127. The van der Waals surface area contributed by atoms with E-state index in [0.29, 0.717) is 6.04 Å². The Bertz CT molecular complexity index is 273. The topological polar surface area (TPSA) is 12.0 Å². The molecule has 0 fully saturated rings. The Morgan fingerprint density at radius 1 is 1.12 bits per heavy atom. The van der Waals surface area contributed by atoms with E-state index < -0.39 is 0 Å². The molecule has 0 saturated carbocycles. The van der Waals surface area contributed by atoms with Crippen LogP contribution in [-0.2, 0) is 0 Å². The van der Waals surface area contributed by atoms with Crippen molar-refractivity contribution in [1.82, 2.24) is 5.32 Å². The van der Waals surface area contributed by atoms with E-state index in [0.717, 1.165) is 6.54 Å². The molecule has 0 aliphatic rings. The Morgan fingerprint density at radius 3 is 2.38 bits per heavy atom. The SMILES string of the molecule is CCCCC(NCCC)c1ccc(I)cc1. The summed E-state index contributed by atoms with van der Waals surface area (Å²) in [6.07, 6.45) is 5.02. The van der Waals surface area contributed by atoms with Gasteiger partial charge in [0, 0.05) is 9.61 Å². The monoisotopic (exact) mass is 331 g/mol. The van der Waals surface area contributed by atoms with Crippen LogP contribution in [-0.4, -0.2) is 6.54 Å². The van der Waals surface area contributed by atoms with Crippen LogP contribution in [0.25, 0.3) is 0 Å². The van der Waals surface area contributed by atoms with Crippen molar-refractivity contribution in [2.45, 2.75) is 45.6 Å². The van der Waals surface area contributed by atoms with Crippen LogP contribution in [0.1, 0.15) is 51.1 Å². The second-order valence-electron chi connectivity index (χ2n) is 4.20. The fourth-order valence-corrected chi connectivity index (χ4v) is 2.17. The van der Waals surface area contributed by atoms with E-state index >= 15 is 0 Å². The molecular formula is C14H22IN. The van der Waals surface area contributed by atoms with Gasteiger partial charge in [-0.1, -0.05) is 38.8 Å². The Kier molecular flexibility index (Phi) is 7.05. The lowest BCUT2D eigenvalue weighted by molar-refractivity contribution is 0.481. The molecule has 0 heterocycles. The maximum absolute atomic E-state index is 3.64. The smallest absolute Gasteiger partial charge is 0.0320 e. The summed E-state index contributed by atoms with van der Waals surface area (Å²) in [5, 5.41) is 3.64. The first-order valence-corrected chi connectivity index (χ1v) is 7.34. The van der Waals surface area contributed by atoms with Crippen molar-refractivity contribution in [3.63, 3.8) is 0 Å². The number of benzene rings is 1. The zero-order chi connectivity index (χ0) is 11.8. The van der Waals surface area contributed by atoms with Gasteiger partial charge in [0.1, 0.15) is 0 Å². The molecule has 0 bridgehead atoms. The predicted octanol–water partition coefficient (Wildman–Crippen LogP) is 4.52. The van der Waals surface area contributed by atoms with Crippen molar-refractivity contribution < 1.29 is 0 Å². The highest BCUT2D eigenvalue weighted by Gasteiger charge is 2.09. The minimum atomic E-state index is 0.539. The average molecular weight is 331 g/mol. The van der Waals surface area contributed by atoms with Gasteiger partial charge in [0.25, 0.3) is 0 Å². The molecule has 1 unspecified atom stereocenters. The normalized spacial score (nSPS) is 12.7. The fourth-order valence-electron chi connectivity index (χ4n) is 1.81. The minimum Gasteiger partial charge on any atom is -0.310 e.